The smallest absolute Gasteiger partial charge is 0.416 e. The highest BCUT2D eigenvalue weighted by atomic mass is 19.4. The van der Waals surface area contributed by atoms with Gasteiger partial charge in [-0.2, -0.15) is 18.3 Å². The predicted molar refractivity (Wildman–Crippen MR) is 114 cm³/mol. The van der Waals surface area contributed by atoms with Crippen LogP contribution in [0, 0.1) is 0 Å². The molecule has 1 amide bonds. The maximum absolute atomic E-state index is 13.0. The van der Waals surface area contributed by atoms with Crippen LogP contribution in [0.15, 0.2) is 47.8 Å². The number of hydrogen-bond acceptors (Lipinski definition) is 6. The zero-order valence-electron chi connectivity index (χ0n) is 18.2. The minimum Gasteiger partial charge on any atom is -0.479 e. The van der Waals surface area contributed by atoms with Crippen molar-refractivity contribution in [3.8, 4) is 5.88 Å². The molecule has 4 rings (SSSR count). The van der Waals surface area contributed by atoms with Crippen LogP contribution < -0.4 is 15.6 Å². The van der Waals surface area contributed by atoms with Gasteiger partial charge in [0.15, 0.2) is 5.65 Å². The van der Waals surface area contributed by atoms with Crippen LogP contribution in [0.4, 0.5) is 13.2 Å². The molecule has 178 valence electrons. The minimum atomic E-state index is -4.47. The standard InChI is InChI=1S/C21H20F3N7O3/c1-29-11-16(19(28-29)34-2)18(32)25-6-7-31-17-15(9-27-31)20(33)30(12-26-17)10-13-4-3-5-14(8-13)21(22,23)24/h3-5,8-9,11-12H,6-7,10H2,1-2H3,(H,25,32). The van der Waals surface area contributed by atoms with Crippen LogP contribution in [-0.2, 0) is 26.3 Å². The molecule has 0 unspecified atom stereocenters. The maximum Gasteiger partial charge on any atom is 0.416 e. The van der Waals surface area contributed by atoms with E-state index in [0.29, 0.717) is 11.2 Å². The summed E-state index contributed by atoms with van der Waals surface area (Å²) in [5.41, 5.74) is -0.313. The van der Waals surface area contributed by atoms with E-state index in [0.717, 1.165) is 12.1 Å². The molecule has 0 saturated carbocycles. The normalized spacial score (nSPS) is 11.7. The van der Waals surface area contributed by atoms with Crippen LogP contribution in [0.3, 0.4) is 0 Å². The number of carbonyl (C=O) groups excluding carboxylic acids is 1. The number of rotatable bonds is 7. The van der Waals surface area contributed by atoms with E-state index in [1.54, 1.807) is 7.05 Å². The molecule has 13 heteroatoms. The lowest BCUT2D eigenvalue weighted by molar-refractivity contribution is -0.137. The zero-order valence-corrected chi connectivity index (χ0v) is 18.2. The summed E-state index contributed by atoms with van der Waals surface area (Å²) in [6.45, 7) is 0.366. The molecule has 4 aromatic rings. The Morgan fingerprint density at radius 2 is 2.06 bits per heavy atom. The molecule has 10 nitrogen and oxygen atoms in total. The van der Waals surface area contributed by atoms with Gasteiger partial charge in [0, 0.05) is 19.8 Å². The molecule has 3 aromatic heterocycles. The zero-order chi connectivity index (χ0) is 24.5. The summed E-state index contributed by atoms with van der Waals surface area (Å²) in [4.78, 5) is 29.4. The first-order valence-corrected chi connectivity index (χ1v) is 10.1. The first-order chi connectivity index (χ1) is 16.2. The number of hydrogen-bond donors (Lipinski definition) is 1. The quantitative estimate of drug-likeness (QED) is 0.437. The number of ether oxygens (including phenoxy) is 1. The summed E-state index contributed by atoms with van der Waals surface area (Å²) >= 11 is 0. The maximum atomic E-state index is 13.0. The van der Waals surface area contributed by atoms with Crippen LogP contribution >= 0.6 is 0 Å². The van der Waals surface area contributed by atoms with Crippen molar-refractivity contribution in [3.05, 3.63) is 70.0 Å². The van der Waals surface area contributed by atoms with E-state index in [9.17, 15) is 22.8 Å². The van der Waals surface area contributed by atoms with Gasteiger partial charge in [-0.3, -0.25) is 18.8 Å². The van der Waals surface area contributed by atoms with Gasteiger partial charge >= 0.3 is 6.18 Å². The number of alkyl halides is 3. The molecule has 1 N–H and O–H groups in total. The van der Waals surface area contributed by atoms with Crippen molar-refractivity contribution < 1.29 is 22.7 Å². The lowest BCUT2D eigenvalue weighted by Crippen LogP contribution is -2.28. The van der Waals surface area contributed by atoms with E-state index in [1.165, 1.54) is 51.9 Å². The number of halogens is 3. The van der Waals surface area contributed by atoms with E-state index in [1.807, 2.05) is 0 Å². The predicted octanol–water partition coefficient (Wildman–Crippen LogP) is 1.83. The molecular weight excluding hydrogens is 455 g/mol. The van der Waals surface area contributed by atoms with Crippen LogP contribution in [0.2, 0.25) is 0 Å². The van der Waals surface area contributed by atoms with E-state index in [-0.39, 0.29) is 42.4 Å². The Hall–Kier alpha value is -4.16. The molecule has 34 heavy (non-hydrogen) atoms. The summed E-state index contributed by atoms with van der Waals surface area (Å²) in [7, 11) is 3.08. The first kappa shape index (κ1) is 23.0. The number of methoxy groups -OCH3 is 1. The Labute approximate surface area is 190 Å². The SMILES string of the molecule is COc1nn(C)cc1C(=O)NCCn1ncc2c(=O)n(Cc3cccc(C(F)(F)F)c3)cnc21. The van der Waals surface area contributed by atoms with Crippen LogP contribution in [-0.4, -0.2) is 48.7 Å². The van der Waals surface area contributed by atoms with Crippen molar-refractivity contribution in [2.24, 2.45) is 7.05 Å². The molecule has 0 atom stereocenters. The highest BCUT2D eigenvalue weighted by molar-refractivity contribution is 5.96. The third-order valence-corrected chi connectivity index (χ3v) is 5.07. The Morgan fingerprint density at radius 1 is 1.26 bits per heavy atom. The van der Waals surface area contributed by atoms with E-state index >= 15 is 0 Å². The van der Waals surface area contributed by atoms with Crippen LogP contribution in [0.1, 0.15) is 21.5 Å². The Balaban J connectivity index is 1.47. The van der Waals surface area contributed by atoms with E-state index < -0.39 is 17.3 Å². The van der Waals surface area contributed by atoms with Gasteiger partial charge in [-0.25, -0.2) is 9.67 Å². The molecule has 0 aliphatic carbocycles. The Bertz CT molecular complexity index is 1400. The third kappa shape index (κ3) is 4.63. The highest BCUT2D eigenvalue weighted by Crippen LogP contribution is 2.29. The number of carbonyl (C=O) groups is 1. The minimum absolute atomic E-state index is 0.0696. The van der Waals surface area contributed by atoms with Crippen molar-refractivity contribution in [1.29, 1.82) is 0 Å². The fourth-order valence-electron chi connectivity index (χ4n) is 3.46. The van der Waals surface area contributed by atoms with E-state index in [2.05, 4.69) is 20.5 Å². The molecule has 1 aromatic carbocycles. The fourth-order valence-corrected chi connectivity index (χ4v) is 3.46. The van der Waals surface area contributed by atoms with Gasteiger partial charge < -0.3 is 10.1 Å². The molecule has 3 heterocycles. The number of nitrogens with one attached hydrogen (secondary N) is 1. The number of amides is 1. The second-order valence-corrected chi connectivity index (χ2v) is 7.46. The van der Waals surface area contributed by atoms with Gasteiger partial charge in [0.1, 0.15) is 17.3 Å². The van der Waals surface area contributed by atoms with Crippen molar-refractivity contribution in [2.75, 3.05) is 13.7 Å². The Morgan fingerprint density at radius 3 is 2.79 bits per heavy atom. The molecule has 0 saturated heterocycles. The summed E-state index contributed by atoms with van der Waals surface area (Å²) in [6.07, 6.45) is -0.324. The molecule has 0 aliphatic rings. The average Bonchev–Trinajstić information content (AvgIpc) is 3.39. The van der Waals surface area contributed by atoms with Crippen molar-refractivity contribution in [2.45, 2.75) is 19.3 Å². The highest BCUT2D eigenvalue weighted by Gasteiger charge is 2.30. The summed E-state index contributed by atoms with van der Waals surface area (Å²) < 4.78 is 48.1. The summed E-state index contributed by atoms with van der Waals surface area (Å²) in [5, 5.41) is 11.1. The lowest BCUT2D eigenvalue weighted by Gasteiger charge is -2.10. The van der Waals surface area contributed by atoms with Crippen molar-refractivity contribution in [3.63, 3.8) is 0 Å². The molecule has 0 spiro atoms. The number of benzene rings is 1. The largest absolute Gasteiger partial charge is 0.479 e. The lowest BCUT2D eigenvalue weighted by atomic mass is 10.1. The van der Waals surface area contributed by atoms with Crippen LogP contribution in [0.25, 0.3) is 11.0 Å². The molecule has 0 fully saturated rings. The van der Waals surface area contributed by atoms with Gasteiger partial charge in [-0.15, -0.1) is 5.10 Å². The Kier molecular flexibility index (Phi) is 6.09. The molecule has 0 bridgehead atoms. The van der Waals surface area contributed by atoms with Crippen molar-refractivity contribution >= 4 is 16.9 Å². The van der Waals surface area contributed by atoms with E-state index in [4.69, 9.17) is 4.74 Å². The molecule has 0 aliphatic heterocycles. The summed E-state index contributed by atoms with van der Waals surface area (Å²) in [6, 6.07) is 4.78. The van der Waals surface area contributed by atoms with Gasteiger partial charge in [0.05, 0.1) is 32.0 Å². The van der Waals surface area contributed by atoms with Crippen molar-refractivity contribution in [1.82, 2.24) is 34.4 Å². The second kappa shape index (κ2) is 9.00. The molecular formula is C21H20F3N7O3. The number of aryl methyl sites for hydroxylation is 1. The number of fused-ring (bicyclic) bond motifs is 1. The third-order valence-electron chi connectivity index (χ3n) is 5.07. The van der Waals surface area contributed by atoms with Gasteiger partial charge in [0.25, 0.3) is 11.5 Å². The monoisotopic (exact) mass is 475 g/mol. The van der Waals surface area contributed by atoms with Gasteiger partial charge in [0.2, 0.25) is 5.88 Å². The van der Waals surface area contributed by atoms with Gasteiger partial charge in [-0.1, -0.05) is 12.1 Å². The fraction of sp³-hybridized carbons (Fsp3) is 0.286. The number of nitrogens with zero attached hydrogens (tertiary/aromatic N) is 6. The average molecular weight is 475 g/mol. The summed E-state index contributed by atoms with van der Waals surface area (Å²) in [5.74, 6) is -0.176. The molecule has 0 radical (unpaired) electrons. The number of aromatic nitrogens is 6. The topological polar surface area (TPSA) is 109 Å². The van der Waals surface area contributed by atoms with Crippen LogP contribution in [0.5, 0.6) is 5.88 Å². The second-order valence-electron chi connectivity index (χ2n) is 7.46. The van der Waals surface area contributed by atoms with Gasteiger partial charge in [-0.05, 0) is 17.7 Å². The first-order valence-electron chi connectivity index (χ1n) is 10.1.